The monoisotopic (exact) mass is 220 g/mol. The lowest BCUT2D eigenvalue weighted by Crippen LogP contribution is -2.30. The number of aryl methyl sites for hydroxylation is 2. The fraction of sp³-hybridized carbons (Fsp3) is 0.571. The molecule has 0 amide bonds. The zero-order chi connectivity index (χ0) is 12.1. The number of benzene rings is 1. The van der Waals surface area contributed by atoms with E-state index in [1.807, 2.05) is 0 Å². The molecule has 0 aliphatic rings. The number of anilines is 1. The molecule has 2 nitrogen and oxygen atoms in total. The molecule has 0 fully saturated rings. The molecule has 0 saturated heterocycles. The van der Waals surface area contributed by atoms with Gasteiger partial charge < -0.3 is 10.6 Å². The average molecular weight is 220 g/mol. The second-order valence-corrected chi connectivity index (χ2v) is 4.68. The van der Waals surface area contributed by atoms with Crippen LogP contribution in [0.4, 0.5) is 5.69 Å². The third-order valence-electron chi connectivity index (χ3n) is 3.21. The molecule has 1 aromatic rings. The maximum atomic E-state index is 5.75. The highest BCUT2D eigenvalue weighted by Gasteiger charge is 2.10. The van der Waals surface area contributed by atoms with Crippen LogP contribution in [0.25, 0.3) is 0 Å². The van der Waals surface area contributed by atoms with Gasteiger partial charge in [-0.2, -0.15) is 0 Å². The van der Waals surface area contributed by atoms with E-state index in [9.17, 15) is 0 Å². The van der Waals surface area contributed by atoms with Crippen LogP contribution in [0, 0.1) is 19.8 Å². The number of hydrogen-bond donors (Lipinski definition) is 1. The molecule has 1 unspecified atom stereocenters. The Morgan fingerprint density at radius 1 is 1.31 bits per heavy atom. The summed E-state index contributed by atoms with van der Waals surface area (Å²) < 4.78 is 0. The van der Waals surface area contributed by atoms with Crippen molar-refractivity contribution in [1.82, 2.24) is 0 Å². The van der Waals surface area contributed by atoms with Gasteiger partial charge in [0.05, 0.1) is 0 Å². The maximum Gasteiger partial charge on any atom is 0.0393 e. The molecule has 16 heavy (non-hydrogen) atoms. The van der Waals surface area contributed by atoms with Gasteiger partial charge in [0, 0.05) is 19.3 Å². The summed E-state index contributed by atoms with van der Waals surface area (Å²) in [6.07, 6.45) is 1.14. The molecule has 2 N–H and O–H groups in total. The van der Waals surface area contributed by atoms with Crippen molar-refractivity contribution >= 4 is 5.69 Å². The van der Waals surface area contributed by atoms with Gasteiger partial charge in [0.2, 0.25) is 0 Å². The molecule has 0 aromatic heterocycles. The predicted octanol–water partition coefficient (Wildman–Crippen LogP) is 2.72. The lowest BCUT2D eigenvalue weighted by atomic mass is 10.0. The minimum Gasteiger partial charge on any atom is -0.374 e. The number of nitrogens with two attached hydrogens (primary N) is 1. The van der Waals surface area contributed by atoms with E-state index in [2.05, 4.69) is 50.9 Å². The van der Waals surface area contributed by atoms with Crippen molar-refractivity contribution in [1.29, 1.82) is 0 Å². The summed E-state index contributed by atoms with van der Waals surface area (Å²) in [6.45, 7) is 8.31. The first-order valence-corrected chi connectivity index (χ1v) is 6.07. The summed E-state index contributed by atoms with van der Waals surface area (Å²) in [5, 5.41) is 0. The summed E-state index contributed by atoms with van der Waals surface area (Å²) in [7, 11) is 2.15. The van der Waals surface area contributed by atoms with Crippen molar-refractivity contribution in [3.8, 4) is 0 Å². The Kier molecular flexibility index (Phi) is 4.81. The quantitative estimate of drug-likeness (QED) is 0.826. The molecule has 0 heterocycles. The molecule has 2 heteroatoms. The first-order chi connectivity index (χ1) is 7.58. The summed E-state index contributed by atoms with van der Waals surface area (Å²) in [6, 6.07) is 6.60. The topological polar surface area (TPSA) is 29.3 Å². The van der Waals surface area contributed by atoms with E-state index in [1.54, 1.807) is 0 Å². The molecule has 0 aliphatic carbocycles. The Hall–Kier alpha value is -1.02. The summed E-state index contributed by atoms with van der Waals surface area (Å²) >= 11 is 0. The highest BCUT2D eigenvalue weighted by molar-refractivity contribution is 5.53. The fourth-order valence-electron chi connectivity index (χ4n) is 2.09. The van der Waals surface area contributed by atoms with Gasteiger partial charge in [0.25, 0.3) is 0 Å². The lowest BCUT2D eigenvalue weighted by molar-refractivity contribution is 0.520. The van der Waals surface area contributed by atoms with E-state index in [0.29, 0.717) is 5.92 Å². The van der Waals surface area contributed by atoms with Gasteiger partial charge in [-0.3, -0.25) is 0 Å². The number of hydrogen-bond acceptors (Lipinski definition) is 2. The average Bonchev–Trinajstić information content (AvgIpc) is 2.25. The van der Waals surface area contributed by atoms with Gasteiger partial charge in [0.1, 0.15) is 0 Å². The van der Waals surface area contributed by atoms with Crippen LogP contribution in [-0.4, -0.2) is 20.1 Å². The lowest BCUT2D eigenvalue weighted by Gasteiger charge is -2.26. The van der Waals surface area contributed by atoms with Crippen molar-refractivity contribution < 1.29 is 0 Å². The predicted molar refractivity (Wildman–Crippen MR) is 72.0 cm³/mol. The van der Waals surface area contributed by atoms with E-state index in [4.69, 9.17) is 5.73 Å². The molecule has 0 bridgehead atoms. The van der Waals surface area contributed by atoms with Crippen LogP contribution in [0.1, 0.15) is 24.5 Å². The van der Waals surface area contributed by atoms with Crippen molar-refractivity contribution in [2.45, 2.75) is 27.2 Å². The van der Waals surface area contributed by atoms with Crippen LogP contribution in [0.15, 0.2) is 18.2 Å². The molecule has 1 rings (SSSR count). The van der Waals surface area contributed by atoms with Gasteiger partial charge in [-0.1, -0.05) is 31.0 Å². The Labute approximate surface area is 99.5 Å². The largest absolute Gasteiger partial charge is 0.374 e. The van der Waals surface area contributed by atoms with Crippen LogP contribution < -0.4 is 10.6 Å². The molecular formula is C14H24N2. The molecule has 90 valence electrons. The van der Waals surface area contributed by atoms with Crippen LogP contribution in [-0.2, 0) is 0 Å². The van der Waals surface area contributed by atoms with E-state index in [-0.39, 0.29) is 0 Å². The number of rotatable bonds is 5. The van der Waals surface area contributed by atoms with Gasteiger partial charge in [-0.05, 0) is 37.9 Å². The summed E-state index contributed by atoms with van der Waals surface area (Å²) in [5.41, 5.74) is 9.72. The molecular weight excluding hydrogens is 196 g/mol. The minimum absolute atomic E-state index is 0.589. The summed E-state index contributed by atoms with van der Waals surface area (Å²) in [4.78, 5) is 2.32. The Balaban J connectivity index is 2.76. The molecule has 0 aliphatic heterocycles. The minimum atomic E-state index is 0.589. The zero-order valence-corrected chi connectivity index (χ0v) is 11.0. The third-order valence-corrected chi connectivity index (χ3v) is 3.21. The van der Waals surface area contributed by atoms with Crippen LogP contribution in [0.3, 0.4) is 0 Å². The Morgan fingerprint density at radius 2 is 2.00 bits per heavy atom. The Morgan fingerprint density at radius 3 is 2.50 bits per heavy atom. The molecule has 0 saturated carbocycles. The van der Waals surface area contributed by atoms with Gasteiger partial charge >= 0.3 is 0 Å². The van der Waals surface area contributed by atoms with Gasteiger partial charge in [-0.25, -0.2) is 0 Å². The molecule has 0 spiro atoms. The normalized spacial score (nSPS) is 12.6. The van der Waals surface area contributed by atoms with Crippen molar-refractivity contribution in [2.24, 2.45) is 11.7 Å². The highest BCUT2D eigenvalue weighted by atomic mass is 15.1. The smallest absolute Gasteiger partial charge is 0.0393 e. The number of nitrogens with zero attached hydrogens (tertiary/aromatic N) is 1. The van der Waals surface area contributed by atoms with E-state index < -0.39 is 0 Å². The summed E-state index contributed by atoms with van der Waals surface area (Å²) in [5.74, 6) is 0.589. The van der Waals surface area contributed by atoms with E-state index in [0.717, 1.165) is 19.5 Å². The molecule has 1 atom stereocenters. The second-order valence-electron chi connectivity index (χ2n) is 4.68. The van der Waals surface area contributed by atoms with Crippen LogP contribution >= 0.6 is 0 Å². The van der Waals surface area contributed by atoms with Crippen molar-refractivity contribution in [3.63, 3.8) is 0 Å². The van der Waals surface area contributed by atoms with Crippen LogP contribution in [0.2, 0.25) is 0 Å². The SMILES string of the molecule is CCC(CN)CN(C)c1ccc(C)cc1C. The van der Waals surface area contributed by atoms with Gasteiger partial charge in [-0.15, -0.1) is 0 Å². The Bertz CT molecular complexity index is 330. The van der Waals surface area contributed by atoms with Crippen LogP contribution in [0.5, 0.6) is 0 Å². The first kappa shape index (κ1) is 13.0. The van der Waals surface area contributed by atoms with Gasteiger partial charge in [0.15, 0.2) is 0 Å². The zero-order valence-electron chi connectivity index (χ0n) is 11.0. The molecule has 1 aromatic carbocycles. The maximum absolute atomic E-state index is 5.75. The highest BCUT2D eigenvalue weighted by Crippen LogP contribution is 2.21. The van der Waals surface area contributed by atoms with E-state index >= 15 is 0 Å². The van der Waals surface area contributed by atoms with E-state index in [1.165, 1.54) is 16.8 Å². The molecule has 0 radical (unpaired) electrons. The van der Waals surface area contributed by atoms with Crippen molar-refractivity contribution in [2.75, 3.05) is 25.0 Å². The van der Waals surface area contributed by atoms with Crippen molar-refractivity contribution in [3.05, 3.63) is 29.3 Å². The standard InChI is InChI=1S/C14H24N2/c1-5-13(9-15)10-16(4)14-7-6-11(2)8-12(14)3/h6-8,13H,5,9-10,15H2,1-4H3. The second kappa shape index (κ2) is 5.90. The third kappa shape index (κ3) is 3.24. The first-order valence-electron chi connectivity index (χ1n) is 6.07. The fourth-order valence-corrected chi connectivity index (χ4v) is 2.09.